The molecule has 3 aromatic rings. The average molecular weight is 376 g/mol. The zero-order valence-electron chi connectivity index (χ0n) is 16.0. The van der Waals surface area contributed by atoms with Gasteiger partial charge in [-0.05, 0) is 43.5 Å². The van der Waals surface area contributed by atoms with Gasteiger partial charge in [0.2, 0.25) is 0 Å². The molecule has 0 bridgehead atoms. The second-order valence-corrected chi connectivity index (χ2v) is 7.38. The number of carbonyl (C=O) groups is 1. The van der Waals surface area contributed by atoms with Gasteiger partial charge in [0.05, 0.1) is 5.69 Å². The third kappa shape index (κ3) is 3.65. The summed E-state index contributed by atoms with van der Waals surface area (Å²) in [5, 5.41) is 7.14. The maximum Gasteiger partial charge on any atom is 0.362 e. The van der Waals surface area contributed by atoms with Gasteiger partial charge >= 0.3 is 5.63 Å². The Morgan fingerprint density at radius 3 is 2.46 bits per heavy atom. The van der Waals surface area contributed by atoms with E-state index >= 15 is 0 Å². The minimum Gasteiger partial charge on any atom is -0.421 e. The first-order chi connectivity index (χ1) is 13.6. The van der Waals surface area contributed by atoms with Crippen LogP contribution < -0.4 is 16.3 Å². The molecule has 4 rings (SSSR count). The lowest BCUT2D eigenvalue weighted by Crippen LogP contribution is -2.26. The van der Waals surface area contributed by atoms with E-state index in [-0.39, 0.29) is 17.6 Å². The van der Waals surface area contributed by atoms with Crippen molar-refractivity contribution in [1.29, 1.82) is 0 Å². The lowest BCUT2D eigenvalue weighted by molar-refractivity contribution is 0.102. The largest absolute Gasteiger partial charge is 0.421 e. The third-order valence-corrected chi connectivity index (χ3v) is 5.40. The van der Waals surface area contributed by atoms with Gasteiger partial charge in [-0.2, -0.15) is 0 Å². The molecule has 0 saturated heterocycles. The highest BCUT2D eigenvalue weighted by atomic mass is 16.4. The molecule has 1 aromatic heterocycles. The number of fused-ring (bicyclic) bond motifs is 1. The zero-order chi connectivity index (χ0) is 19.5. The molecule has 5 nitrogen and oxygen atoms in total. The van der Waals surface area contributed by atoms with Crippen molar-refractivity contribution in [2.75, 3.05) is 10.6 Å². The summed E-state index contributed by atoms with van der Waals surface area (Å²) < 4.78 is 5.48. The molecule has 144 valence electrons. The maximum absolute atomic E-state index is 12.8. The number of anilines is 2. The number of rotatable bonds is 4. The van der Waals surface area contributed by atoms with Gasteiger partial charge in [-0.25, -0.2) is 4.79 Å². The predicted octanol–water partition coefficient (Wildman–Crippen LogP) is 5.10. The summed E-state index contributed by atoms with van der Waals surface area (Å²) in [7, 11) is 0. The molecule has 1 aliphatic carbocycles. The molecule has 1 fully saturated rings. The molecule has 2 aromatic carbocycles. The van der Waals surface area contributed by atoms with Crippen LogP contribution in [0.2, 0.25) is 0 Å². The van der Waals surface area contributed by atoms with Crippen molar-refractivity contribution in [1.82, 2.24) is 0 Å². The van der Waals surface area contributed by atoms with Crippen LogP contribution in [0.4, 0.5) is 11.4 Å². The molecule has 1 saturated carbocycles. The van der Waals surface area contributed by atoms with Gasteiger partial charge < -0.3 is 15.1 Å². The first-order valence-corrected chi connectivity index (χ1v) is 9.83. The van der Waals surface area contributed by atoms with E-state index in [4.69, 9.17) is 4.42 Å². The molecule has 1 aliphatic rings. The van der Waals surface area contributed by atoms with Crippen molar-refractivity contribution in [3.63, 3.8) is 0 Å². The van der Waals surface area contributed by atoms with Crippen LogP contribution in [0.15, 0.2) is 57.7 Å². The monoisotopic (exact) mass is 376 g/mol. The van der Waals surface area contributed by atoms with Crippen molar-refractivity contribution in [2.45, 2.75) is 45.1 Å². The zero-order valence-corrected chi connectivity index (χ0v) is 16.0. The summed E-state index contributed by atoms with van der Waals surface area (Å²) in [4.78, 5) is 25.6. The Balaban J connectivity index is 1.77. The lowest BCUT2D eigenvalue weighted by atomic mass is 9.95. The molecule has 0 radical (unpaired) electrons. The summed E-state index contributed by atoms with van der Waals surface area (Å²) in [6, 6.07) is 15.0. The fraction of sp³-hybridized carbons (Fsp3) is 0.304. The number of aryl methyl sites for hydroxylation is 1. The molecule has 0 spiro atoms. The molecular formula is C23H24N2O3. The first-order valence-electron chi connectivity index (χ1n) is 9.83. The van der Waals surface area contributed by atoms with Crippen molar-refractivity contribution in [3.8, 4) is 0 Å². The van der Waals surface area contributed by atoms with E-state index < -0.39 is 5.63 Å². The van der Waals surface area contributed by atoms with Gasteiger partial charge in [0, 0.05) is 17.0 Å². The molecule has 2 N–H and O–H groups in total. The lowest BCUT2D eigenvalue weighted by Gasteiger charge is -2.25. The van der Waals surface area contributed by atoms with E-state index in [1.165, 1.54) is 19.3 Å². The van der Waals surface area contributed by atoms with E-state index in [9.17, 15) is 9.59 Å². The van der Waals surface area contributed by atoms with E-state index in [1.807, 2.05) is 43.3 Å². The summed E-state index contributed by atoms with van der Waals surface area (Å²) in [6.07, 6.45) is 5.69. The Morgan fingerprint density at radius 2 is 1.68 bits per heavy atom. The Bertz CT molecular complexity index is 1060. The number of benzene rings is 2. The van der Waals surface area contributed by atoms with E-state index in [2.05, 4.69) is 10.6 Å². The number of nitrogens with one attached hydrogen (secondary N) is 2. The number of hydrogen-bond acceptors (Lipinski definition) is 4. The van der Waals surface area contributed by atoms with Crippen LogP contribution in [0.25, 0.3) is 11.0 Å². The first kappa shape index (κ1) is 18.3. The van der Waals surface area contributed by atoms with Crippen LogP contribution in [0.5, 0.6) is 0 Å². The summed E-state index contributed by atoms with van der Waals surface area (Å²) in [5.41, 5.74) is 2.20. The van der Waals surface area contributed by atoms with Gasteiger partial charge in [-0.15, -0.1) is 0 Å². The van der Waals surface area contributed by atoms with Crippen LogP contribution in [0.3, 0.4) is 0 Å². The van der Waals surface area contributed by atoms with E-state index in [0.29, 0.717) is 16.8 Å². The van der Waals surface area contributed by atoms with Crippen LogP contribution >= 0.6 is 0 Å². The molecule has 0 aliphatic heterocycles. The Hall–Kier alpha value is -3.08. The fourth-order valence-corrected chi connectivity index (χ4v) is 3.87. The summed E-state index contributed by atoms with van der Waals surface area (Å²) in [5.74, 6) is -0.313. The van der Waals surface area contributed by atoms with Gasteiger partial charge in [-0.1, -0.05) is 49.6 Å². The number of para-hydroxylation sites is 1. The smallest absolute Gasteiger partial charge is 0.362 e. The predicted molar refractivity (Wildman–Crippen MR) is 112 cm³/mol. The topological polar surface area (TPSA) is 71.3 Å². The molecular weight excluding hydrogens is 352 g/mol. The standard InChI is InChI=1S/C23H24N2O3/c1-15-9-5-6-12-17(15)22(26)25-21-20(24-16-10-3-2-4-11-16)18-13-7-8-14-19(18)28-23(21)27/h5-9,12-14,16,24H,2-4,10-11H2,1H3,(H,25,26). The highest BCUT2D eigenvalue weighted by Gasteiger charge is 2.21. The molecule has 28 heavy (non-hydrogen) atoms. The Labute approximate surface area is 163 Å². The SMILES string of the molecule is Cc1ccccc1C(=O)Nc1c(NC2CCCCC2)c2ccccc2oc1=O. The second-order valence-electron chi connectivity index (χ2n) is 7.38. The molecule has 1 heterocycles. The van der Waals surface area contributed by atoms with Crippen molar-refractivity contribution in [2.24, 2.45) is 0 Å². The van der Waals surface area contributed by atoms with Crippen molar-refractivity contribution >= 4 is 28.3 Å². The highest BCUT2D eigenvalue weighted by Crippen LogP contribution is 2.32. The summed E-state index contributed by atoms with van der Waals surface area (Å²) in [6.45, 7) is 1.87. The van der Waals surface area contributed by atoms with Crippen LogP contribution in [0, 0.1) is 6.92 Å². The molecule has 5 heteroatoms. The fourth-order valence-electron chi connectivity index (χ4n) is 3.87. The third-order valence-electron chi connectivity index (χ3n) is 5.40. The minimum atomic E-state index is -0.543. The van der Waals surface area contributed by atoms with Crippen molar-refractivity contribution in [3.05, 3.63) is 70.1 Å². The van der Waals surface area contributed by atoms with Crippen LogP contribution in [-0.2, 0) is 0 Å². The quantitative estimate of drug-likeness (QED) is 0.622. The second kappa shape index (κ2) is 7.89. The summed E-state index contributed by atoms with van der Waals surface area (Å²) >= 11 is 0. The minimum absolute atomic E-state index is 0.178. The van der Waals surface area contributed by atoms with Gasteiger partial charge in [-0.3, -0.25) is 4.79 Å². The van der Waals surface area contributed by atoms with Gasteiger partial charge in [0.15, 0.2) is 5.69 Å². The van der Waals surface area contributed by atoms with Crippen LogP contribution in [-0.4, -0.2) is 11.9 Å². The maximum atomic E-state index is 12.8. The van der Waals surface area contributed by atoms with E-state index in [0.717, 1.165) is 23.8 Å². The molecule has 1 amide bonds. The van der Waals surface area contributed by atoms with Gasteiger partial charge in [0.1, 0.15) is 5.58 Å². The average Bonchev–Trinajstić information content (AvgIpc) is 2.71. The van der Waals surface area contributed by atoms with E-state index in [1.54, 1.807) is 12.1 Å². The number of amides is 1. The van der Waals surface area contributed by atoms with Crippen LogP contribution in [0.1, 0.15) is 48.0 Å². The molecule has 0 atom stereocenters. The van der Waals surface area contributed by atoms with Crippen molar-refractivity contribution < 1.29 is 9.21 Å². The normalized spacial score (nSPS) is 14.8. The Morgan fingerprint density at radius 1 is 0.964 bits per heavy atom. The highest BCUT2D eigenvalue weighted by molar-refractivity contribution is 6.09. The molecule has 0 unspecified atom stereocenters. The number of hydrogen-bond donors (Lipinski definition) is 2. The van der Waals surface area contributed by atoms with Gasteiger partial charge in [0.25, 0.3) is 5.91 Å². The Kier molecular flexibility index (Phi) is 5.15. The number of carbonyl (C=O) groups excluding carboxylic acids is 1.